The van der Waals surface area contributed by atoms with E-state index in [1.54, 1.807) is 12.3 Å². The van der Waals surface area contributed by atoms with Crippen LogP contribution in [0.15, 0.2) is 18.5 Å². The summed E-state index contributed by atoms with van der Waals surface area (Å²) in [5.41, 5.74) is 0.673. The van der Waals surface area contributed by atoms with Gasteiger partial charge in [-0.15, -0.1) is 0 Å². The number of halogens is 1. The molecule has 5 heteroatoms. The number of rotatable bonds is 0. The minimum absolute atomic E-state index is 0. The van der Waals surface area contributed by atoms with Gasteiger partial charge in [-0.05, 0) is 6.07 Å². The van der Waals surface area contributed by atoms with E-state index in [2.05, 4.69) is 9.97 Å². The Kier molecular flexibility index (Phi) is 3.57. The number of nitrogens with zero attached hydrogens (tertiary/aromatic N) is 1. The van der Waals surface area contributed by atoms with Gasteiger partial charge in [-0.2, -0.15) is 0 Å². The molecule has 0 aliphatic heterocycles. The van der Waals surface area contributed by atoms with Crippen molar-refractivity contribution in [1.82, 2.24) is 9.97 Å². The van der Waals surface area contributed by atoms with Crippen molar-refractivity contribution in [3.05, 3.63) is 23.6 Å². The first kappa shape index (κ1) is 10.5. The molecule has 2 aromatic heterocycles. The van der Waals surface area contributed by atoms with E-state index >= 15 is 0 Å². The van der Waals surface area contributed by atoms with E-state index in [4.69, 9.17) is 11.6 Å². The number of H-pyrrole nitrogens is 1. The molecule has 2 rings (SSSR count). The van der Waals surface area contributed by atoms with Crippen LogP contribution in [0.2, 0.25) is 5.15 Å². The maximum atomic E-state index is 9.22. The molecule has 58 valence electrons. The first-order chi connectivity index (χ1) is 5.29. The molecule has 0 amide bonds. The van der Waals surface area contributed by atoms with E-state index in [9.17, 15) is 5.11 Å². The van der Waals surface area contributed by atoms with Crippen molar-refractivity contribution >= 4 is 73.9 Å². The Balaban J connectivity index is 0.000000720. The Morgan fingerprint density at radius 1 is 1.50 bits per heavy atom. The molecule has 0 saturated carbocycles. The summed E-state index contributed by atoms with van der Waals surface area (Å²) in [5.74, 6) is 0.198. The molecule has 2 N–H and O–H groups in total. The Bertz CT molecular complexity index is 401. The molecule has 0 spiro atoms. The second-order valence-corrected chi connectivity index (χ2v) is 2.56. The van der Waals surface area contributed by atoms with Crippen molar-refractivity contribution in [2.45, 2.75) is 0 Å². The van der Waals surface area contributed by atoms with E-state index in [-0.39, 0.29) is 57.1 Å². The average Bonchev–Trinajstić information content (AvgIpc) is 2.35. The third kappa shape index (κ3) is 1.68. The van der Waals surface area contributed by atoms with E-state index in [0.717, 1.165) is 0 Å². The van der Waals surface area contributed by atoms with Gasteiger partial charge >= 0.3 is 51.4 Å². The van der Waals surface area contributed by atoms with Gasteiger partial charge in [-0.3, -0.25) is 0 Å². The molecule has 0 bridgehead atoms. The van der Waals surface area contributed by atoms with Gasteiger partial charge in [0.15, 0.2) is 5.15 Å². The third-order valence-electron chi connectivity index (χ3n) is 1.53. The van der Waals surface area contributed by atoms with Crippen LogP contribution in [-0.2, 0) is 0 Å². The number of hydrogen-bond acceptors (Lipinski definition) is 2. The fourth-order valence-corrected chi connectivity index (χ4v) is 1.22. The van der Waals surface area contributed by atoms with Gasteiger partial charge in [0.2, 0.25) is 0 Å². The van der Waals surface area contributed by atoms with Crippen LogP contribution >= 0.6 is 11.6 Å². The number of hydrogen-bond donors (Lipinski definition) is 2. The quantitative estimate of drug-likeness (QED) is 0.506. The molecule has 0 radical (unpaired) electrons. The first-order valence-electron chi connectivity index (χ1n) is 3.09. The second kappa shape index (κ2) is 4.08. The Morgan fingerprint density at radius 3 is 2.92 bits per heavy atom. The summed E-state index contributed by atoms with van der Waals surface area (Å²) in [6.45, 7) is 0. The van der Waals surface area contributed by atoms with Crippen molar-refractivity contribution in [2.75, 3.05) is 0 Å². The molecule has 0 aliphatic rings. The van der Waals surface area contributed by atoms with Crippen molar-refractivity contribution in [1.29, 1.82) is 0 Å². The number of pyridine rings is 1. The van der Waals surface area contributed by atoms with Crippen LogP contribution in [0.3, 0.4) is 0 Å². The summed E-state index contributed by atoms with van der Waals surface area (Å²) in [7, 11) is 0. The molecule has 0 unspecified atom stereocenters. The molecule has 0 saturated heterocycles. The zero-order valence-corrected chi connectivity index (χ0v) is 6.26. The predicted molar refractivity (Wildman–Crippen MR) is 49.9 cm³/mol. The molecule has 12 heavy (non-hydrogen) atoms. The molecular formula is C7H6ClKN2O. The normalized spacial score (nSPS) is 9.75. The number of aromatic nitrogens is 2. The molecule has 2 aromatic rings. The molecule has 0 atom stereocenters. The first-order valence-corrected chi connectivity index (χ1v) is 3.47. The molecule has 0 aromatic carbocycles. The van der Waals surface area contributed by atoms with Crippen LogP contribution in [-0.4, -0.2) is 66.5 Å². The summed E-state index contributed by atoms with van der Waals surface area (Å²) >= 11 is 5.72. The van der Waals surface area contributed by atoms with E-state index in [1.807, 2.05) is 0 Å². The standard InChI is InChI=1S/C7H5ClN2O.K.H/c8-7-6-4(1-2-9-7)5(11)3-10-6;;/h1-3,10-11H;;. The summed E-state index contributed by atoms with van der Waals surface area (Å²) in [6.07, 6.45) is 3.04. The van der Waals surface area contributed by atoms with E-state index in [1.165, 1.54) is 6.20 Å². The van der Waals surface area contributed by atoms with Crippen molar-refractivity contribution in [3.63, 3.8) is 0 Å². The Morgan fingerprint density at radius 2 is 2.25 bits per heavy atom. The van der Waals surface area contributed by atoms with Crippen LogP contribution in [0.4, 0.5) is 0 Å². The fourth-order valence-electron chi connectivity index (χ4n) is 1.01. The summed E-state index contributed by atoms with van der Waals surface area (Å²) in [6, 6.07) is 1.70. The summed E-state index contributed by atoms with van der Waals surface area (Å²) in [4.78, 5) is 6.66. The van der Waals surface area contributed by atoms with Crippen molar-refractivity contribution in [2.24, 2.45) is 0 Å². The zero-order valence-electron chi connectivity index (χ0n) is 5.50. The minimum atomic E-state index is 0. The third-order valence-corrected chi connectivity index (χ3v) is 1.82. The monoisotopic (exact) mass is 208 g/mol. The average molecular weight is 209 g/mol. The Labute approximate surface area is 117 Å². The van der Waals surface area contributed by atoms with Crippen LogP contribution in [0, 0.1) is 0 Å². The van der Waals surface area contributed by atoms with Gasteiger partial charge in [0, 0.05) is 17.8 Å². The number of nitrogens with one attached hydrogen (secondary N) is 1. The van der Waals surface area contributed by atoms with Crippen LogP contribution in [0.25, 0.3) is 10.9 Å². The van der Waals surface area contributed by atoms with Gasteiger partial charge in [0.25, 0.3) is 0 Å². The predicted octanol–water partition coefficient (Wildman–Crippen LogP) is 1.27. The van der Waals surface area contributed by atoms with E-state index < -0.39 is 0 Å². The molecule has 2 heterocycles. The molecule has 3 nitrogen and oxygen atoms in total. The van der Waals surface area contributed by atoms with Crippen molar-refractivity contribution < 1.29 is 5.11 Å². The fraction of sp³-hybridized carbons (Fsp3) is 0. The SMILES string of the molecule is Oc1c[nH]c2c(Cl)nccc12.[KH]. The molecule has 0 fully saturated rings. The topological polar surface area (TPSA) is 48.9 Å². The molecular weight excluding hydrogens is 203 g/mol. The van der Waals surface area contributed by atoms with Crippen LogP contribution in [0.1, 0.15) is 0 Å². The zero-order chi connectivity index (χ0) is 7.84. The number of aromatic hydroxyl groups is 1. The van der Waals surface area contributed by atoms with Gasteiger partial charge in [-0.25, -0.2) is 4.98 Å². The Hall–Kier alpha value is 0.416. The van der Waals surface area contributed by atoms with Crippen molar-refractivity contribution in [3.8, 4) is 5.75 Å². The van der Waals surface area contributed by atoms with Gasteiger partial charge in [0.1, 0.15) is 5.75 Å². The van der Waals surface area contributed by atoms with Crippen LogP contribution in [0.5, 0.6) is 5.75 Å². The van der Waals surface area contributed by atoms with Crippen LogP contribution < -0.4 is 0 Å². The summed E-state index contributed by atoms with van der Waals surface area (Å²) < 4.78 is 0. The van der Waals surface area contributed by atoms with Gasteiger partial charge < -0.3 is 10.1 Å². The second-order valence-electron chi connectivity index (χ2n) is 2.20. The van der Waals surface area contributed by atoms with Gasteiger partial charge in [-0.1, -0.05) is 11.6 Å². The number of aromatic amines is 1. The maximum absolute atomic E-state index is 9.22. The molecule has 0 aliphatic carbocycles. The summed E-state index contributed by atoms with van der Waals surface area (Å²) in [5, 5.41) is 10.3. The number of fused-ring (bicyclic) bond motifs is 1. The van der Waals surface area contributed by atoms with E-state index in [0.29, 0.717) is 16.1 Å². The van der Waals surface area contributed by atoms with Gasteiger partial charge in [0.05, 0.1) is 5.52 Å².